The van der Waals surface area contributed by atoms with Gasteiger partial charge in [-0.2, -0.15) is 0 Å². The lowest BCUT2D eigenvalue weighted by molar-refractivity contribution is 0.340. The van der Waals surface area contributed by atoms with Crippen molar-refractivity contribution in [3.8, 4) is 5.75 Å². The van der Waals surface area contributed by atoms with Gasteiger partial charge in [0.1, 0.15) is 5.82 Å². The van der Waals surface area contributed by atoms with Crippen molar-refractivity contribution >= 4 is 5.82 Å². The number of ether oxygens (including phenoxy) is 1. The molecule has 0 saturated carbocycles. The first-order valence-corrected chi connectivity index (χ1v) is 5.85. The monoisotopic (exact) mass is 246 g/mol. The quantitative estimate of drug-likeness (QED) is 0.879. The highest BCUT2D eigenvalue weighted by atomic mass is 19.1. The van der Waals surface area contributed by atoms with E-state index in [9.17, 15) is 4.39 Å². The summed E-state index contributed by atoms with van der Waals surface area (Å²) in [4.78, 5) is 4.20. The first-order valence-electron chi connectivity index (χ1n) is 5.85. The zero-order valence-corrected chi connectivity index (χ0v) is 10.2. The topological polar surface area (TPSA) is 34.1 Å². The fraction of sp³-hybridized carbons (Fsp3) is 0.214. The Morgan fingerprint density at radius 2 is 2.17 bits per heavy atom. The summed E-state index contributed by atoms with van der Waals surface area (Å²) in [6, 6.07) is 10.1. The van der Waals surface area contributed by atoms with Crippen LogP contribution in [0, 0.1) is 5.82 Å². The summed E-state index contributed by atoms with van der Waals surface area (Å²) >= 11 is 0. The van der Waals surface area contributed by atoms with E-state index in [-0.39, 0.29) is 5.82 Å². The van der Waals surface area contributed by atoms with E-state index < -0.39 is 0 Å². The molecule has 0 atom stereocenters. The van der Waals surface area contributed by atoms with Gasteiger partial charge in [-0.25, -0.2) is 9.37 Å². The number of hydrogen-bond acceptors (Lipinski definition) is 3. The van der Waals surface area contributed by atoms with Gasteiger partial charge in [0.15, 0.2) is 11.6 Å². The van der Waals surface area contributed by atoms with Gasteiger partial charge in [-0.1, -0.05) is 12.1 Å². The van der Waals surface area contributed by atoms with Crippen LogP contribution in [0.4, 0.5) is 10.2 Å². The molecule has 0 spiro atoms. The SMILES string of the molecule is CCOc1cccnc1NCc1cccc(F)c1. The lowest BCUT2D eigenvalue weighted by Crippen LogP contribution is -2.04. The molecule has 18 heavy (non-hydrogen) atoms. The van der Waals surface area contributed by atoms with Crippen molar-refractivity contribution < 1.29 is 9.13 Å². The summed E-state index contributed by atoms with van der Waals surface area (Å²) in [6.07, 6.45) is 1.69. The van der Waals surface area contributed by atoms with Gasteiger partial charge in [0.2, 0.25) is 0 Å². The smallest absolute Gasteiger partial charge is 0.169 e. The summed E-state index contributed by atoms with van der Waals surface area (Å²) in [5.74, 6) is 1.14. The molecule has 0 fully saturated rings. The molecule has 94 valence electrons. The van der Waals surface area contributed by atoms with E-state index >= 15 is 0 Å². The third-order valence-electron chi connectivity index (χ3n) is 2.42. The number of anilines is 1. The van der Waals surface area contributed by atoms with E-state index in [1.54, 1.807) is 12.3 Å². The van der Waals surface area contributed by atoms with Gasteiger partial charge in [0.25, 0.3) is 0 Å². The third-order valence-corrected chi connectivity index (χ3v) is 2.42. The fourth-order valence-corrected chi connectivity index (χ4v) is 1.63. The molecule has 0 radical (unpaired) electrons. The maximum Gasteiger partial charge on any atom is 0.169 e. The zero-order valence-electron chi connectivity index (χ0n) is 10.2. The molecule has 2 aromatic rings. The lowest BCUT2D eigenvalue weighted by Gasteiger charge is -2.10. The number of pyridine rings is 1. The van der Waals surface area contributed by atoms with Crippen molar-refractivity contribution in [2.24, 2.45) is 0 Å². The zero-order chi connectivity index (χ0) is 12.8. The van der Waals surface area contributed by atoms with Crippen molar-refractivity contribution in [1.29, 1.82) is 0 Å². The van der Waals surface area contributed by atoms with Crippen molar-refractivity contribution in [1.82, 2.24) is 4.98 Å². The van der Waals surface area contributed by atoms with Gasteiger partial charge < -0.3 is 10.1 Å². The van der Waals surface area contributed by atoms with Crippen LogP contribution < -0.4 is 10.1 Å². The highest BCUT2D eigenvalue weighted by Gasteiger charge is 2.03. The van der Waals surface area contributed by atoms with Crippen molar-refractivity contribution in [3.05, 3.63) is 54.0 Å². The molecule has 0 bridgehead atoms. The molecule has 1 N–H and O–H groups in total. The molecular formula is C14H15FN2O. The average Bonchev–Trinajstić information content (AvgIpc) is 2.38. The summed E-state index contributed by atoms with van der Waals surface area (Å²) in [7, 11) is 0. The molecule has 1 aromatic carbocycles. The Bertz CT molecular complexity index is 517. The predicted molar refractivity (Wildman–Crippen MR) is 69.1 cm³/mol. The lowest BCUT2D eigenvalue weighted by atomic mass is 10.2. The molecule has 1 heterocycles. The second-order valence-corrected chi connectivity index (χ2v) is 3.77. The van der Waals surface area contributed by atoms with E-state index in [0.717, 1.165) is 5.56 Å². The van der Waals surface area contributed by atoms with Crippen LogP contribution in [0.1, 0.15) is 12.5 Å². The number of benzene rings is 1. The highest BCUT2D eigenvalue weighted by molar-refractivity contribution is 5.49. The van der Waals surface area contributed by atoms with Crippen molar-refractivity contribution in [2.75, 3.05) is 11.9 Å². The Morgan fingerprint density at radius 1 is 1.28 bits per heavy atom. The standard InChI is InChI=1S/C14H15FN2O/c1-2-18-13-7-4-8-16-14(13)17-10-11-5-3-6-12(15)9-11/h3-9H,2,10H2,1H3,(H,16,17). The first kappa shape index (κ1) is 12.4. The van der Waals surface area contributed by atoms with Crippen LogP contribution in [-0.2, 0) is 6.54 Å². The fourth-order valence-electron chi connectivity index (χ4n) is 1.63. The van der Waals surface area contributed by atoms with Gasteiger partial charge in [-0.05, 0) is 36.8 Å². The molecule has 0 saturated heterocycles. The van der Waals surface area contributed by atoms with Crippen LogP contribution in [0.5, 0.6) is 5.75 Å². The van der Waals surface area contributed by atoms with E-state index in [0.29, 0.717) is 24.7 Å². The van der Waals surface area contributed by atoms with Gasteiger partial charge in [0.05, 0.1) is 6.61 Å². The average molecular weight is 246 g/mol. The van der Waals surface area contributed by atoms with E-state index in [4.69, 9.17) is 4.74 Å². The van der Waals surface area contributed by atoms with Crippen molar-refractivity contribution in [2.45, 2.75) is 13.5 Å². The van der Waals surface area contributed by atoms with E-state index in [1.807, 2.05) is 25.1 Å². The molecule has 2 rings (SSSR count). The third kappa shape index (κ3) is 3.20. The van der Waals surface area contributed by atoms with Crippen LogP contribution in [0.3, 0.4) is 0 Å². The maximum atomic E-state index is 13.0. The Kier molecular flexibility index (Phi) is 4.12. The number of nitrogens with one attached hydrogen (secondary N) is 1. The maximum absolute atomic E-state index is 13.0. The Balaban J connectivity index is 2.06. The summed E-state index contributed by atoms with van der Waals surface area (Å²) in [6.45, 7) is 3.01. The largest absolute Gasteiger partial charge is 0.490 e. The van der Waals surface area contributed by atoms with Crippen molar-refractivity contribution in [3.63, 3.8) is 0 Å². The molecule has 0 unspecified atom stereocenters. The van der Waals surface area contributed by atoms with Gasteiger partial charge in [-0.3, -0.25) is 0 Å². The van der Waals surface area contributed by atoms with E-state index in [1.165, 1.54) is 12.1 Å². The molecule has 0 aliphatic rings. The number of rotatable bonds is 5. The van der Waals surface area contributed by atoms with E-state index in [2.05, 4.69) is 10.3 Å². The highest BCUT2D eigenvalue weighted by Crippen LogP contribution is 2.21. The van der Waals surface area contributed by atoms with Crippen LogP contribution in [-0.4, -0.2) is 11.6 Å². The second-order valence-electron chi connectivity index (χ2n) is 3.77. The molecule has 3 nitrogen and oxygen atoms in total. The minimum Gasteiger partial charge on any atom is -0.490 e. The number of aromatic nitrogens is 1. The molecule has 0 aliphatic carbocycles. The summed E-state index contributed by atoms with van der Waals surface area (Å²) < 4.78 is 18.5. The number of nitrogens with zero attached hydrogens (tertiary/aromatic N) is 1. The van der Waals surface area contributed by atoms with Crippen LogP contribution in [0.15, 0.2) is 42.6 Å². The Labute approximate surface area is 106 Å². The minimum atomic E-state index is -0.236. The first-order chi connectivity index (χ1) is 8.79. The molecule has 1 aromatic heterocycles. The summed E-state index contributed by atoms with van der Waals surface area (Å²) in [5, 5.41) is 3.14. The molecule has 0 amide bonds. The van der Waals surface area contributed by atoms with Crippen LogP contribution >= 0.6 is 0 Å². The van der Waals surface area contributed by atoms with Gasteiger partial charge in [-0.15, -0.1) is 0 Å². The molecule has 0 aliphatic heterocycles. The van der Waals surface area contributed by atoms with Crippen LogP contribution in [0.2, 0.25) is 0 Å². The Hall–Kier alpha value is -2.10. The number of hydrogen-bond donors (Lipinski definition) is 1. The Morgan fingerprint density at radius 3 is 2.94 bits per heavy atom. The minimum absolute atomic E-state index is 0.236. The molecular weight excluding hydrogens is 231 g/mol. The second kappa shape index (κ2) is 6.00. The number of halogens is 1. The van der Waals surface area contributed by atoms with Gasteiger partial charge >= 0.3 is 0 Å². The predicted octanol–water partition coefficient (Wildman–Crippen LogP) is 3.23. The summed E-state index contributed by atoms with van der Waals surface area (Å²) in [5.41, 5.74) is 0.864. The van der Waals surface area contributed by atoms with Gasteiger partial charge in [0, 0.05) is 12.7 Å². The van der Waals surface area contributed by atoms with Crippen LogP contribution in [0.25, 0.3) is 0 Å². The normalized spacial score (nSPS) is 10.1. The molecule has 4 heteroatoms.